The maximum atomic E-state index is 9.46. The summed E-state index contributed by atoms with van der Waals surface area (Å²) in [4.78, 5) is 1.08. The first-order chi connectivity index (χ1) is 9.33. The van der Waals surface area contributed by atoms with E-state index in [4.69, 9.17) is 4.74 Å². The van der Waals surface area contributed by atoms with Gasteiger partial charge < -0.3 is 9.84 Å². The van der Waals surface area contributed by atoms with Gasteiger partial charge in [-0.05, 0) is 35.7 Å². The first-order valence-electron chi connectivity index (χ1n) is 6.44. The molecule has 0 saturated heterocycles. The van der Waals surface area contributed by atoms with Gasteiger partial charge in [0.05, 0.1) is 12.7 Å². The fourth-order valence-electron chi connectivity index (χ4n) is 2.36. The average Bonchev–Trinajstić information content (AvgIpc) is 2.45. The zero-order chi connectivity index (χ0) is 13.1. The lowest BCUT2D eigenvalue weighted by atomic mass is 9.99. The molecule has 3 rings (SSSR count). The SMILES string of the molecule is Oc1cccc(SCC2OCCc3ccccc32)c1. The number of aromatic hydroxyl groups is 1. The summed E-state index contributed by atoms with van der Waals surface area (Å²) < 4.78 is 5.87. The molecule has 0 saturated carbocycles. The molecule has 0 fully saturated rings. The van der Waals surface area contributed by atoms with E-state index >= 15 is 0 Å². The highest BCUT2D eigenvalue weighted by Crippen LogP contribution is 2.32. The molecule has 0 radical (unpaired) electrons. The second-order valence-corrected chi connectivity index (χ2v) is 5.71. The van der Waals surface area contributed by atoms with Crippen LogP contribution in [0.5, 0.6) is 5.75 Å². The predicted molar refractivity (Wildman–Crippen MR) is 77.7 cm³/mol. The van der Waals surface area contributed by atoms with Gasteiger partial charge in [-0.15, -0.1) is 11.8 Å². The number of hydrogen-bond donors (Lipinski definition) is 1. The van der Waals surface area contributed by atoms with Crippen LogP contribution in [-0.4, -0.2) is 17.5 Å². The van der Waals surface area contributed by atoms with Crippen molar-refractivity contribution in [1.29, 1.82) is 0 Å². The zero-order valence-corrected chi connectivity index (χ0v) is 11.4. The molecule has 1 heterocycles. The van der Waals surface area contributed by atoms with Gasteiger partial charge in [0.1, 0.15) is 5.75 Å². The van der Waals surface area contributed by atoms with Crippen LogP contribution in [0, 0.1) is 0 Å². The Bertz CT molecular complexity index is 568. The number of phenolic OH excluding ortho intramolecular Hbond substituents is 1. The smallest absolute Gasteiger partial charge is 0.116 e. The molecule has 19 heavy (non-hydrogen) atoms. The van der Waals surface area contributed by atoms with Gasteiger partial charge in [0.2, 0.25) is 0 Å². The molecule has 1 aliphatic heterocycles. The monoisotopic (exact) mass is 272 g/mol. The molecule has 0 bridgehead atoms. The first kappa shape index (κ1) is 12.6. The molecule has 3 heteroatoms. The van der Waals surface area contributed by atoms with Crippen molar-refractivity contribution in [2.75, 3.05) is 12.4 Å². The van der Waals surface area contributed by atoms with Gasteiger partial charge >= 0.3 is 0 Å². The molecular weight excluding hydrogens is 256 g/mol. The van der Waals surface area contributed by atoms with Crippen LogP contribution in [0.15, 0.2) is 53.4 Å². The molecular formula is C16H16O2S. The van der Waals surface area contributed by atoms with E-state index in [0.717, 1.165) is 23.7 Å². The quantitative estimate of drug-likeness (QED) is 0.862. The molecule has 1 aliphatic rings. The number of ether oxygens (including phenoxy) is 1. The Morgan fingerprint density at radius 2 is 2.05 bits per heavy atom. The Kier molecular flexibility index (Phi) is 3.76. The highest BCUT2D eigenvalue weighted by atomic mass is 32.2. The molecule has 2 aromatic rings. The van der Waals surface area contributed by atoms with Gasteiger partial charge in [-0.1, -0.05) is 30.3 Å². The van der Waals surface area contributed by atoms with Crippen molar-refractivity contribution in [2.45, 2.75) is 17.4 Å². The summed E-state index contributed by atoms with van der Waals surface area (Å²) in [6.07, 6.45) is 1.15. The summed E-state index contributed by atoms with van der Waals surface area (Å²) in [5, 5.41) is 9.46. The van der Waals surface area contributed by atoms with Crippen LogP contribution in [0.2, 0.25) is 0 Å². The predicted octanol–water partition coefficient (Wildman–Crippen LogP) is 3.80. The van der Waals surface area contributed by atoms with E-state index in [1.54, 1.807) is 23.9 Å². The summed E-state index contributed by atoms with van der Waals surface area (Å²) in [5.74, 6) is 1.19. The summed E-state index contributed by atoms with van der Waals surface area (Å²) in [7, 11) is 0. The number of benzene rings is 2. The summed E-state index contributed by atoms with van der Waals surface area (Å²) in [6, 6.07) is 15.9. The van der Waals surface area contributed by atoms with E-state index in [9.17, 15) is 5.11 Å². The van der Waals surface area contributed by atoms with Gasteiger partial charge in [-0.2, -0.15) is 0 Å². The molecule has 98 valence electrons. The minimum Gasteiger partial charge on any atom is -0.508 e. The Hall–Kier alpha value is -1.45. The van der Waals surface area contributed by atoms with Crippen molar-refractivity contribution in [3.8, 4) is 5.75 Å². The average molecular weight is 272 g/mol. The molecule has 1 N–H and O–H groups in total. The third kappa shape index (κ3) is 2.94. The van der Waals surface area contributed by atoms with Gasteiger partial charge in [-0.25, -0.2) is 0 Å². The highest BCUT2D eigenvalue weighted by Gasteiger charge is 2.20. The second kappa shape index (κ2) is 5.68. The lowest BCUT2D eigenvalue weighted by Gasteiger charge is -2.25. The Morgan fingerprint density at radius 3 is 2.95 bits per heavy atom. The van der Waals surface area contributed by atoms with Crippen LogP contribution in [0.3, 0.4) is 0 Å². The fraction of sp³-hybridized carbons (Fsp3) is 0.250. The van der Waals surface area contributed by atoms with Gasteiger partial charge in [-0.3, -0.25) is 0 Å². The van der Waals surface area contributed by atoms with E-state index in [1.165, 1.54) is 11.1 Å². The van der Waals surface area contributed by atoms with E-state index in [1.807, 2.05) is 12.1 Å². The minimum atomic E-state index is 0.150. The zero-order valence-electron chi connectivity index (χ0n) is 10.6. The van der Waals surface area contributed by atoms with Crippen molar-refractivity contribution in [2.24, 2.45) is 0 Å². The first-order valence-corrected chi connectivity index (χ1v) is 7.43. The Morgan fingerprint density at radius 1 is 1.16 bits per heavy atom. The van der Waals surface area contributed by atoms with Gasteiger partial charge in [0.15, 0.2) is 0 Å². The van der Waals surface area contributed by atoms with Crippen LogP contribution in [-0.2, 0) is 11.2 Å². The molecule has 1 atom stereocenters. The standard InChI is InChI=1S/C16H16O2S/c17-13-5-3-6-14(10-13)19-11-16-15-7-2-1-4-12(15)8-9-18-16/h1-7,10,16-17H,8-9,11H2. The van der Waals surface area contributed by atoms with E-state index < -0.39 is 0 Å². The summed E-state index contributed by atoms with van der Waals surface area (Å²) in [6.45, 7) is 0.794. The lowest BCUT2D eigenvalue weighted by molar-refractivity contribution is 0.0588. The van der Waals surface area contributed by atoms with Crippen LogP contribution in [0.4, 0.5) is 0 Å². The number of thioether (sulfide) groups is 1. The topological polar surface area (TPSA) is 29.5 Å². The van der Waals surface area contributed by atoms with Crippen molar-refractivity contribution in [3.63, 3.8) is 0 Å². The van der Waals surface area contributed by atoms with E-state index in [2.05, 4.69) is 24.3 Å². The molecule has 1 unspecified atom stereocenters. The van der Waals surface area contributed by atoms with Crippen LogP contribution in [0.1, 0.15) is 17.2 Å². The van der Waals surface area contributed by atoms with Crippen molar-refractivity contribution in [3.05, 3.63) is 59.7 Å². The van der Waals surface area contributed by atoms with Crippen LogP contribution >= 0.6 is 11.8 Å². The third-order valence-corrected chi connectivity index (χ3v) is 4.37. The fourth-order valence-corrected chi connectivity index (χ4v) is 3.36. The minimum absolute atomic E-state index is 0.150. The van der Waals surface area contributed by atoms with Crippen molar-refractivity contribution in [1.82, 2.24) is 0 Å². The largest absolute Gasteiger partial charge is 0.508 e. The normalized spacial score (nSPS) is 18.0. The lowest BCUT2D eigenvalue weighted by Crippen LogP contribution is -2.17. The molecule has 2 nitrogen and oxygen atoms in total. The number of hydrogen-bond acceptors (Lipinski definition) is 3. The summed E-state index contributed by atoms with van der Waals surface area (Å²) in [5.41, 5.74) is 2.71. The third-order valence-electron chi connectivity index (χ3n) is 3.31. The van der Waals surface area contributed by atoms with Crippen molar-refractivity contribution < 1.29 is 9.84 Å². The van der Waals surface area contributed by atoms with Gasteiger partial charge in [0.25, 0.3) is 0 Å². The molecule has 0 amide bonds. The molecule has 0 spiro atoms. The Labute approximate surface area is 117 Å². The second-order valence-electron chi connectivity index (χ2n) is 4.62. The van der Waals surface area contributed by atoms with E-state index in [-0.39, 0.29) is 6.10 Å². The van der Waals surface area contributed by atoms with Crippen molar-refractivity contribution >= 4 is 11.8 Å². The highest BCUT2D eigenvalue weighted by molar-refractivity contribution is 7.99. The Balaban J connectivity index is 1.71. The van der Waals surface area contributed by atoms with Crippen LogP contribution < -0.4 is 0 Å². The molecule has 0 aliphatic carbocycles. The molecule has 0 aromatic heterocycles. The maximum absolute atomic E-state index is 9.46. The van der Waals surface area contributed by atoms with Gasteiger partial charge in [0, 0.05) is 10.6 Å². The van der Waals surface area contributed by atoms with E-state index in [0.29, 0.717) is 5.75 Å². The maximum Gasteiger partial charge on any atom is 0.116 e. The summed E-state index contributed by atoms with van der Waals surface area (Å²) >= 11 is 1.72. The number of fused-ring (bicyclic) bond motifs is 1. The number of phenols is 1. The molecule has 2 aromatic carbocycles. The van der Waals surface area contributed by atoms with Crippen LogP contribution in [0.25, 0.3) is 0 Å². The number of rotatable bonds is 3.